The van der Waals surface area contributed by atoms with Gasteiger partial charge in [-0.05, 0) is 122 Å². The molecule has 12 rings (SSSR count). The van der Waals surface area contributed by atoms with E-state index in [-0.39, 0.29) is 5.92 Å². The second kappa shape index (κ2) is 13.4. The molecule has 0 radical (unpaired) electrons. The molecular weight excluding hydrogens is 791 g/mol. The number of hydrogen-bond acceptors (Lipinski definition) is 5. The van der Waals surface area contributed by atoms with Crippen molar-refractivity contribution in [2.75, 3.05) is 0 Å². The minimum Gasteiger partial charge on any atom is -0.264 e. The monoisotopic (exact) mass is 835 g/mol. The Kier molecular flexibility index (Phi) is 8.06. The molecule has 0 saturated carbocycles. The third-order valence-electron chi connectivity index (χ3n) is 15.1. The first-order valence-electron chi connectivity index (χ1n) is 21.9. The van der Waals surface area contributed by atoms with Crippen molar-refractivity contribution in [2.24, 2.45) is 5.92 Å². The van der Waals surface area contributed by atoms with Crippen LogP contribution in [0.25, 0.3) is 50.5 Å². The summed E-state index contributed by atoms with van der Waals surface area (Å²) in [4.78, 5) is 15.9. The highest BCUT2D eigenvalue weighted by molar-refractivity contribution is 7.91. The zero-order valence-corrected chi connectivity index (χ0v) is 36.5. The number of fused-ring (bicyclic) bond motifs is 13. The van der Waals surface area contributed by atoms with Gasteiger partial charge in [0.2, 0.25) is 9.84 Å². The maximum Gasteiger partial charge on any atom is 0.207 e. The van der Waals surface area contributed by atoms with Crippen LogP contribution in [0.15, 0.2) is 185 Å². The van der Waals surface area contributed by atoms with Gasteiger partial charge in [0.15, 0.2) is 5.82 Å². The zero-order chi connectivity index (χ0) is 42.9. The lowest BCUT2D eigenvalue weighted by Crippen LogP contribution is -2.44. The summed E-state index contributed by atoms with van der Waals surface area (Å²) in [6.45, 7) is 9.18. The van der Waals surface area contributed by atoms with E-state index in [2.05, 4.69) is 142 Å². The van der Waals surface area contributed by atoms with Gasteiger partial charge in [0.05, 0.1) is 26.6 Å². The van der Waals surface area contributed by atoms with Crippen LogP contribution in [0.3, 0.4) is 0 Å². The second-order valence-corrected chi connectivity index (χ2v) is 20.5. The van der Waals surface area contributed by atoms with E-state index >= 15 is 8.42 Å². The van der Waals surface area contributed by atoms with E-state index in [1.807, 2.05) is 54.7 Å². The highest BCUT2D eigenvalue weighted by Gasteiger charge is 2.57. The van der Waals surface area contributed by atoms with Crippen LogP contribution >= 0.6 is 0 Å². The molecule has 1 aliphatic heterocycles. The lowest BCUT2D eigenvalue weighted by molar-refractivity contribution is 0.285. The first-order valence-corrected chi connectivity index (χ1v) is 23.4. The largest absolute Gasteiger partial charge is 0.264 e. The summed E-state index contributed by atoms with van der Waals surface area (Å²) in [6, 6.07) is 54.7. The Morgan fingerprint density at radius 3 is 1.94 bits per heavy atom. The molecule has 63 heavy (non-hydrogen) atoms. The molecule has 6 aromatic carbocycles. The highest BCUT2D eigenvalue weighted by Crippen LogP contribution is 2.65. The summed E-state index contributed by atoms with van der Waals surface area (Å²) < 4.78 is 31.0. The molecule has 3 atom stereocenters. The molecule has 0 amide bonds. The molecule has 0 saturated heterocycles. The Labute approximate surface area is 369 Å². The van der Waals surface area contributed by atoms with Gasteiger partial charge in [0.1, 0.15) is 0 Å². The lowest BCUT2D eigenvalue weighted by Gasteiger charge is -2.50. The molecule has 6 heteroatoms. The summed E-state index contributed by atoms with van der Waals surface area (Å²) in [5.41, 5.74) is 15.0. The number of rotatable bonds is 3. The van der Waals surface area contributed by atoms with Crippen LogP contribution in [0, 0.1) is 5.92 Å². The third-order valence-corrected chi connectivity index (χ3v) is 16.9. The lowest BCUT2D eigenvalue weighted by atomic mass is 9.54. The molecule has 1 spiro atoms. The van der Waals surface area contributed by atoms with Gasteiger partial charge >= 0.3 is 0 Å². The maximum atomic E-state index is 15.5. The average Bonchev–Trinajstić information content (AvgIpc) is 3.49. The van der Waals surface area contributed by atoms with Gasteiger partial charge in [-0.1, -0.05) is 149 Å². The van der Waals surface area contributed by atoms with E-state index in [0.717, 1.165) is 67.9 Å². The van der Waals surface area contributed by atoms with Crippen molar-refractivity contribution in [2.45, 2.75) is 66.6 Å². The molecule has 3 heterocycles. The maximum absolute atomic E-state index is 15.5. The number of pyridine rings is 1. The van der Waals surface area contributed by atoms with Crippen LogP contribution < -0.4 is 0 Å². The van der Waals surface area contributed by atoms with Crippen LogP contribution in [0.1, 0.15) is 79.6 Å². The third kappa shape index (κ3) is 5.16. The Morgan fingerprint density at radius 2 is 1.19 bits per heavy atom. The molecule has 306 valence electrons. The molecule has 0 bridgehead atoms. The van der Waals surface area contributed by atoms with Crippen LogP contribution in [0.2, 0.25) is 0 Å². The molecule has 3 aliphatic carbocycles. The summed E-state index contributed by atoms with van der Waals surface area (Å²) in [6.07, 6.45) is 5.04. The summed E-state index contributed by atoms with van der Waals surface area (Å²) >= 11 is 0. The second-order valence-electron chi connectivity index (χ2n) is 18.6. The predicted octanol–water partition coefficient (Wildman–Crippen LogP) is 12.8. The minimum absolute atomic E-state index is 0.137. The Hall–Kier alpha value is -6.76. The molecule has 5 nitrogen and oxygen atoms in total. The predicted molar refractivity (Wildman–Crippen MR) is 251 cm³/mol. The van der Waals surface area contributed by atoms with Gasteiger partial charge in [-0.15, -0.1) is 0 Å². The van der Waals surface area contributed by atoms with Gasteiger partial charge in [-0.3, -0.25) is 4.98 Å². The number of sulfone groups is 1. The quantitative estimate of drug-likeness (QED) is 0.177. The normalized spacial score (nSPS) is 21.8. The van der Waals surface area contributed by atoms with Crippen LogP contribution in [-0.2, 0) is 26.1 Å². The van der Waals surface area contributed by atoms with Crippen molar-refractivity contribution in [3.8, 4) is 44.9 Å². The first kappa shape index (κ1) is 38.0. The summed E-state index contributed by atoms with van der Waals surface area (Å²) in [7, 11) is -3.97. The van der Waals surface area contributed by atoms with E-state index in [0.29, 0.717) is 22.0 Å². The summed E-state index contributed by atoms with van der Waals surface area (Å²) in [5, 5.41) is 0. The van der Waals surface area contributed by atoms with Crippen LogP contribution in [0.4, 0.5) is 0 Å². The summed E-state index contributed by atoms with van der Waals surface area (Å²) in [5.74, 6) is 0.806. The van der Waals surface area contributed by atoms with Gasteiger partial charge in [0.25, 0.3) is 0 Å². The van der Waals surface area contributed by atoms with E-state index in [4.69, 9.17) is 9.97 Å². The average molecular weight is 836 g/mol. The molecule has 0 fully saturated rings. The number of allylic oxidation sites excluding steroid dienone is 2. The van der Waals surface area contributed by atoms with E-state index in [9.17, 15) is 0 Å². The molecule has 3 unspecified atom stereocenters. The van der Waals surface area contributed by atoms with E-state index < -0.39 is 26.1 Å². The molecular formula is C57H45N3O2S. The van der Waals surface area contributed by atoms with Crippen molar-refractivity contribution in [1.82, 2.24) is 15.0 Å². The standard InChI is InChI=1S/C57H45N3O2S/c1-35-29-42-39-21-9-8-20-38(39)40-22-11-13-25-45(40)57(49(42)33-56(35,4)53-32-50(37-19-16-28-58-34-37)59-54(60-53)36-17-6-5-7-18-36)46-26-14-15-27-51(46)63(61,62)52-31-47-43(30-48(52)57)41-23-10-12-24-44(41)55(47,2)3/h5-28,30-32,34-35H,29,33H2,1-4H3. The number of aromatic nitrogens is 3. The van der Waals surface area contributed by atoms with Crippen molar-refractivity contribution in [1.29, 1.82) is 0 Å². The van der Waals surface area contributed by atoms with Gasteiger partial charge in [-0.25, -0.2) is 18.4 Å². The van der Waals surface area contributed by atoms with Crippen LogP contribution in [0.5, 0.6) is 0 Å². The number of hydrogen-bond donors (Lipinski definition) is 0. The Morgan fingerprint density at radius 1 is 0.556 bits per heavy atom. The van der Waals surface area contributed by atoms with E-state index in [1.165, 1.54) is 27.8 Å². The van der Waals surface area contributed by atoms with Crippen LogP contribution in [-0.4, -0.2) is 23.4 Å². The Balaban J connectivity index is 1.21. The fourth-order valence-corrected chi connectivity index (χ4v) is 13.5. The molecule has 4 aliphatic rings. The van der Waals surface area contributed by atoms with Crippen molar-refractivity contribution in [3.05, 3.63) is 215 Å². The van der Waals surface area contributed by atoms with Gasteiger partial charge in [0, 0.05) is 34.4 Å². The van der Waals surface area contributed by atoms with Crippen molar-refractivity contribution >= 4 is 15.4 Å². The Bertz CT molecular complexity index is 3320. The number of benzene rings is 6. The van der Waals surface area contributed by atoms with Crippen molar-refractivity contribution in [3.63, 3.8) is 0 Å². The molecule has 2 aromatic heterocycles. The van der Waals surface area contributed by atoms with Gasteiger partial charge in [-0.2, -0.15) is 0 Å². The first-order chi connectivity index (χ1) is 30.5. The fourth-order valence-electron chi connectivity index (χ4n) is 11.7. The number of nitrogens with zero attached hydrogens (tertiary/aromatic N) is 3. The van der Waals surface area contributed by atoms with Crippen molar-refractivity contribution < 1.29 is 8.42 Å². The minimum atomic E-state index is -3.97. The topological polar surface area (TPSA) is 72.8 Å². The highest BCUT2D eigenvalue weighted by atomic mass is 32.2. The SMILES string of the molecule is CC1CC2=C(CC1(C)c1cc(-c3cccnc3)nc(-c3ccccc3)n1)C1(c3ccccc3-c3ccccc32)c2ccccc2S(=O)(=O)c2cc3c(cc21)-c1ccccc1C3(C)C. The molecule has 8 aromatic rings. The zero-order valence-electron chi connectivity index (χ0n) is 35.7. The fraction of sp³-hybridized carbons (Fsp3) is 0.175. The smallest absolute Gasteiger partial charge is 0.207 e. The van der Waals surface area contributed by atoms with E-state index in [1.54, 1.807) is 6.20 Å². The van der Waals surface area contributed by atoms with Gasteiger partial charge < -0.3 is 0 Å². The molecule has 0 N–H and O–H groups in total.